The molecule has 0 spiro atoms. The van der Waals surface area contributed by atoms with E-state index in [9.17, 15) is 26.7 Å². The van der Waals surface area contributed by atoms with Gasteiger partial charge >= 0.3 is 6.18 Å². The molecule has 8 nitrogen and oxygen atoms in total. The van der Waals surface area contributed by atoms with Crippen molar-refractivity contribution < 1.29 is 26.7 Å². The highest BCUT2D eigenvalue weighted by atomic mass is 32.2. The fraction of sp³-hybridized carbons (Fsp3) is 0.400. The molecule has 0 unspecified atom stereocenters. The van der Waals surface area contributed by atoms with Gasteiger partial charge in [-0.1, -0.05) is 6.07 Å². The second-order valence-electron chi connectivity index (χ2n) is 7.95. The van der Waals surface area contributed by atoms with Crippen molar-refractivity contribution in [2.75, 3.05) is 5.73 Å². The van der Waals surface area contributed by atoms with Crippen molar-refractivity contribution in [3.8, 4) is 11.3 Å². The van der Waals surface area contributed by atoms with Gasteiger partial charge in [0, 0.05) is 17.8 Å². The highest BCUT2D eigenvalue weighted by Gasteiger charge is 2.34. The molecule has 0 aliphatic heterocycles. The van der Waals surface area contributed by atoms with E-state index in [1.807, 2.05) is 0 Å². The normalized spacial score (nSPS) is 20.0. The lowest BCUT2D eigenvalue weighted by atomic mass is 9.94. The lowest BCUT2D eigenvalue weighted by Crippen LogP contribution is -2.38. The molecule has 1 aliphatic rings. The number of alkyl halides is 3. The minimum Gasteiger partial charge on any atom is -0.393 e. The first-order valence-corrected chi connectivity index (χ1v) is 11.5. The third kappa shape index (κ3) is 4.30. The predicted molar refractivity (Wildman–Crippen MR) is 111 cm³/mol. The summed E-state index contributed by atoms with van der Waals surface area (Å²) < 4.78 is 69.4. The number of halogens is 3. The van der Waals surface area contributed by atoms with Crippen LogP contribution in [0, 0.1) is 6.92 Å². The van der Waals surface area contributed by atoms with Crippen LogP contribution in [0.25, 0.3) is 16.9 Å². The van der Waals surface area contributed by atoms with Gasteiger partial charge < -0.3 is 10.8 Å². The number of nitrogens with zero attached hydrogens (tertiary/aromatic N) is 3. The van der Waals surface area contributed by atoms with Gasteiger partial charge in [-0.25, -0.2) is 23.1 Å². The monoisotopic (exact) mass is 469 g/mol. The van der Waals surface area contributed by atoms with E-state index < -0.39 is 28.0 Å². The number of benzene rings is 1. The Balaban J connectivity index is 1.75. The first-order valence-electron chi connectivity index (χ1n) is 9.98. The molecule has 4 N–H and O–H groups in total. The molecule has 0 atom stereocenters. The highest BCUT2D eigenvalue weighted by molar-refractivity contribution is 7.89. The number of fused-ring (bicyclic) bond motifs is 1. The van der Waals surface area contributed by atoms with Crippen LogP contribution >= 0.6 is 0 Å². The molecule has 4 rings (SSSR count). The maximum Gasteiger partial charge on any atom is 0.434 e. The topological polar surface area (TPSA) is 123 Å². The van der Waals surface area contributed by atoms with Crippen LogP contribution in [0.1, 0.15) is 36.9 Å². The van der Waals surface area contributed by atoms with E-state index >= 15 is 0 Å². The number of rotatable bonds is 4. The standard InChI is InChI=1S/C20H22F3N5O3S/c1-11-2-7-14(32(30,31)27-12-3-5-13(29)6-4-12)8-15(11)16-9-25-19-18(24)26-17(10-28(16)19)20(21,22)23/h2,7-10,12-13,27,29H,3-6H2,1H3,(H2,24,26). The van der Waals surface area contributed by atoms with Gasteiger partial charge in [0.05, 0.1) is 22.9 Å². The minimum atomic E-state index is -4.71. The van der Waals surface area contributed by atoms with E-state index in [4.69, 9.17) is 5.73 Å². The first kappa shape index (κ1) is 22.5. The number of imidazole rings is 1. The third-order valence-electron chi connectivity index (χ3n) is 5.62. The van der Waals surface area contributed by atoms with Crippen LogP contribution in [0.5, 0.6) is 0 Å². The Labute approximate surface area is 182 Å². The fourth-order valence-electron chi connectivity index (χ4n) is 3.87. The summed E-state index contributed by atoms with van der Waals surface area (Å²) in [7, 11) is -3.88. The Hall–Kier alpha value is -2.70. The molecule has 0 amide bonds. The average Bonchev–Trinajstić information content (AvgIpc) is 3.13. The Bertz CT molecular complexity index is 1270. The maximum absolute atomic E-state index is 13.2. The number of hydrogen-bond acceptors (Lipinski definition) is 6. The molecule has 1 fully saturated rings. The number of aliphatic hydroxyl groups is 1. The smallest absolute Gasteiger partial charge is 0.393 e. The Kier molecular flexibility index (Phi) is 5.63. The van der Waals surface area contributed by atoms with Crippen molar-refractivity contribution in [3.63, 3.8) is 0 Å². The van der Waals surface area contributed by atoms with Gasteiger partial charge in [0.2, 0.25) is 10.0 Å². The van der Waals surface area contributed by atoms with Crippen LogP contribution < -0.4 is 10.5 Å². The zero-order valence-corrected chi connectivity index (χ0v) is 17.9. The molecule has 172 valence electrons. The molecule has 0 radical (unpaired) electrons. The molecule has 0 saturated heterocycles. The van der Waals surface area contributed by atoms with Crippen LogP contribution in [-0.4, -0.2) is 40.0 Å². The van der Waals surface area contributed by atoms with Crippen molar-refractivity contribution in [2.45, 2.75) is 55.8 Å². The number of nitrogen functional groups attached to an aromatic ring is 1. The molecule has 1 aliphatic carbocycles. The number of aliphatic hydroxyl groups excluding tert-OH is 1. The SMILES string of the molecule is Cc1ccc(S(=O)(=O)NC2CCC(O)CC2)cc1-c1cnc2c(N)nc(C(F)(F)F)cn12. The lowest BCUT2D eigenvalue weighted by Gasteiger charge is -2.26. The second kappa shape index (κ2) is 8.01. The Morgan fingerprint density at radius 2 is 1.91 bits per heavy atom. The number of anilines is 1. The first-order chi connectivity index (χ1) is 15.0. The van der Waals surface area contributed by atoms with Crippen LogP contribution in [-0.2, 0) is 16.2 Å². The number of sulfonamides is 1. The largest absolute Gasteiger partial charge is 0.434 e. The molecule has 0 bridgehead atoms. The van der Waals surface area contributed by atoms with Gasteiger partial charge in [-0.2, -0.15) is 13.2 Å². The molecule has 2 heterocycles. The molecule has 2 aromatic heterocycles. The molecular formula is C20H22F3N5O3S. The molecule has 1 aromatic carbocycles. The summed E-state index contributed by atoms with van der Waals surface area (Å²) in [5, 5.41) is 9.62. The number of hydrogen-bond donors (Lipinski definition) is 3. The van der Waals surface area contributed by atoms with Crippen LogP contribution in [0.3, 0.4) is 0 Å². The highest BCUT2D eigenvalue weighted by Crippen LogP contribution is 2.33. The van der Waals surface area contributed by atoms with E-state index in [-0.39, 0.29) is 28.1 Å². The zero-order valence-electron chi connectivity index (χ0n) is 17.1. The van der Waals surface area contributed by atoms with E-state index in [0.717, 1.165) is 6.20 Å². The Morgan fingerprint density at radius 1 is 1.22 bits per heavy atom. The summed E-state index contributed by atoms with van der Waals surface area (Å²) in [6.45, 7) is 1.72. The quantitative estimate of drug-likeness (QED) is 0.540. The Morgan fingerprint density at radius 3 is 2.56 bits per heavy atom. The number of nitrogens with two attached hydrogens (primary N) is 1. The van der Waals surface area contributed by atoms with Gasteiger partial charge in [0.1, 0.15) is 0 Å². The van der Waals surface area contributed by atoms with Gasteiger partial charge in [0.15, 0.2) is 17.2 Å². The van der Waals surface area contributed by atoms with Crippen molar-refractivity contribution in [3.05, 3.63) is 41.9 Å². The maximum atomic E-state index is 13.2. The van der Waals surface area contributed by atoms with E-state index in [0.29, 0.717) is 36.8 Å². The summed E-state index contributed by atoms with van der Waals surface area (Å²) >= 11 is 0. The summed E-state index contributed by atoms with van der Waals surface area (Å²) in [6.07, 6.45) is -0.904. The number of nitrogens with one attached hydrogen (secondary N) is 1. The van der Waals surface area contributed by atoms with Gasteiger partial charge in [-0.15, -0.1) is 0 Å². The fourth-order valence-corrected chi connectivity index (χ4v) is 5.20. The third-order valence-corrected chi connectivity index (χ3v) is 7.14. The number of aryl methyl sites for hydroxylation is 1. The van der Waals surface area contributed by atoms with Crippen molar-refractivity contribution >= 4 is 21.5 Å². The lowest BCUT2D eigenvalue weighted by molar-refractivity contribution is -0.141. The van der Waals surface area contributed by atoms with E-state index in [1.54, 1.807) is 13.0 Å². The summed E-state index contributed by atoms with van der Waals surface area (Å²) in [5.41, 5.74) is 5.85. The van der Waals surface area contributed by atoms with Gasteiger partial charge in [0.25, 0.3) is 0 Å². The summed E-state index contributed by atoms with van der Waals surface area (Å²) in [5.74, 6) is -0.381. The molecule has 1 saturated carbocycles. The molecule has 32 heavy (non-hydrogen) atoms. The molecule has 12 heteroatoms. The van der Waals surface area contributed by atoms with Crippen molar-refractivity contribution in [1.29, 1.82) is 0 Å². The summed E-state index contributed by atoms with van der Waals surface area (Å²) in [4.78, 5) is 7.43. The second-order valence-corrected chi connectivity index (χ2v) is 9.66. The minimum absolute atomic E-state index is 0.0164. The van der Waals surface area contributed by atoms with E-state index in [2.05, 4.69) is 14.7 Å². The molecule has 3 aromatic rings. The predicted octanol–water partition coefficient (Wildman–Crippen LogP) is 2.89. The van der Waals surface area contributed by atoms with Crippen LogP contribution in [0.4, 0.5) is 19.0 Å². The molecular weight excluding hydrogens is 447 g/mol. The zero-order chi connectivity index (χ0) is 23.3. The van der Waals surface area contributed by atoms with Crippen molar-refractivity contribution in [2.24, 2.45) is 0 Å². The van der Waals surface area contributed by atoms with Crippen LogP contribution in [0.2, 0.25) is 0 Å². The van der Waals surface area contributed by atoms with E-state index in [1.165, 1.54) is 22.7 Å². The van der Waals surface area contributed by atoms with Crippen LogP contribution in [0.15, 0.2) is 35.5 Å². The van der Waals surface area contributed by atoms with Gasteiger partial charge in [-0.3, -0.25) is 4.40 Å². The average molecular weight is 469 g/mol. The summed E-state index contributed by atoms with van der Waals surface area (Å²) in [6, 6.07) is 4.15. The van der Waals surface area contributed by atoms with Crippen molar-refractivity contribution in [1.82, 2.24) is 19.1 Å². The van der Waals surface area contributed by atoms with Gasteiger partial charge in [-0.05, 0) is 50.3 Å². The number of aromatic nitrogens is 3.